The second-order valence-corrected chi connectivity index (χ2v) is 4.91. The Kier molecular flexibility index (Phi) is 5.44. The van der Waals surface area contributed by atoms with E-state index in [1.54, 1.807) is 38.4 Å². The molecule has 1 unspecified atom stereocenters. The van der Waals surface area contributed by atoms with E-state index in [1.807, 2.05) is 30.3 Å². The lowest BCUT2D eigenvalue weighted by Gasteiger charge is -2.11. The summed E-state index contributed by atoms with van der Waals surface area (Å²) in [5.74, 6) is -0.333. The maximum atomic E-state index is 11.6. The van der Waals surface area contributed by atoms with Crippen LogP contribution in [0.25, 0.3) is 6.08 Å². The van der Waals surface area contributed by atoms with E-state index in [-0.39, 0.29) is 5.97 Å². The van der Waals surface area contributed by atoms with Gasteiger partial charge < -0.3 is 9.84 Å². The molecule has 1 aromatic carbocycles. The van der Waals surface area contributed by atoms with Crippen molar-refractivity contribution in [2.75, 3.05) is 6.61 Å². The summed E-state index contributed by atoms with van der Waals surface area (Å²) in [4.78, 5) is 15.7. The molecule has 114 valence electrons. The molecule has 2 rings (SSSR count). The average Bonchev–Trinajstić information content (AvgIpc) is 2.55. The van der Waals surface area contributed by atoms with Gasteiger partial charge in [0.05, 0.1) is 6.61 Å². The van der Waals surface area contributed by atoms with E-state index in [0.29, 0.717) is 12.2 Å². The van der Waals surface area contributed by atoms with Crippen LogP contribution >= 0.6 is 0 Å². The fraction of sp³-hybridized carbons (Fsp3) is 0.222. The van der Waals surface area contributed by atoms with Gasteiger partial charge in [0.15, 0.2) is 0 Å². The third-order valence-electron chi connectivity index (χ3n) is 3.21. The molecule has 4 nitrogen and oxygen atoms in total. The van der Waals surface area contributed by atoms with Crippen molar-refractivity contribution in [3.05, 3.63) is 71.1 Å². The lowest BCUT2D eigenvalue weighted by molar-refractivity contribution is -0.138. The highest BCUT2D eigenvalue weighted by atomic mass is 16.5. The maximum Gasteiger partial charge on any atom is 0.333 e. The fourth-order valence-electron chi connectivity index (χ4n) is 2.10. The van der Waals surface area contributed by atoms with Gasteiger partial charge in [-0.25, -0.2) is 4.79 Å². The highest BCUT2D eigenvalue weighted by Gasteiger charge is 2.11. The Bertz CT molecular complexity index is 665. The van der Waals surface area contributed by atoms with Crippen molar-refractivity contribution >= 4 is 12.0 Å². The minimum atomic E-state index is -0.745. The third kappa shape index (κ3) is 4.02. The zero-order valence-electron chi connectivity index (χ0n) is 12.7. The topological polar surface area (TPSA) is 59.4 Å². The van der Waals surface area contributed by atoms with Crippen LogP contribution in [0.15, 0.2) is 54.4 Å². The molecule has 1 N–H and O–H groups in total. The van der Waals surface area contributed by atoms with Crippen molar-refractivity contribution in [2.24, 2.45) is 0 Å². The molecule has 0 spiro atoms. The van der Waals surface area contributed by atoms with E-state index in [9.17, 15) is 9.90 Å². The molecule has 0 aliphatic carbocycles. The van der Waals surface area contributed by atoms with Gasteiger partial charge in [-0.1, -0.05) is 24.3 Å². The summed E-state index contributed by atoms with van der Waals surface area (Å²) in [6, 6.07) is 11.0. The standard InChI is InChI=1S/C18H19NO3/c1-3-22-18(21)13(2)10-14-6-4-7-15(11-14)17(20)16-8-5-9-19-12-16/h4-12,17,20H,3H2,1-2H3. The van der Waals surface area contributed by atoms with Crippen LogP contribution in [0.3, 0.4) is 0 Å². The Morgan fingerprint density at radius 3 is 2.77 bits per heavy atom. The number of benzene rings is 1. The van der Waals surface area contributed by atoms with Gasteiger partial charge in [-0.15, -0.1) is 0 Å². The number of carbonyl (C=O) groups is 1. The molecule has 1 heterocycles. The van der Waals surface area contributed by atoms with Gasteiger partial charge in [0, 0.05) is 23.5 Å². The predicted octanol–water partition coefficient (Wildman–Crippen LogP) is 3.13. The molecule has 0 aliphatic heterocycles. The lowest BCUT2D eigenvalue weighted by atomic mass is 10.0. The van der Waals surface area contributed by atoms with Crippen LogP contribution in [-0.4, -0.2) is 22.7 Å². The van der Waals surface area contributed by atoms with Crippen molar-refractivity contribution in [1.29, 1.82) is 0 Å². The number of hydrogen-bond acceptors (Lipinski definition) is 4. The highest BCUT2D eigenvalue weighted by Crippen LogP contribution is 2.22. The molecule has 0 saturated heterocycles. The summed E-state index contributed by atoms with van der Waals surface area (Å²) in [5.41, 5.74) is 2.84. The van der Waals surface area contributed by atoms with Gasteiger partial charge in [-0.2, -0.15) is 0 Å². The van der Waals surface area contributed by atoms with Gasteiger partial charge in [0.25, 0.3) is 0 Å². The molecule has 2 aromatic rings. The van der Waals surface area contributed by atoms with E-state index < -0.39 is 6.10 Å². The van der Waals surface area contributed by atoms with Crippen molar-refractivity contribution in [3.63, 3.8) is 0 Å². The zero-order valence-corrected chi connectivity index (χ0v) is 12.7. The third-order valence-corrected chi connectivity index (χ3v) is 3.21. The Hall–Kier alpha value is -2.46. The molecule has 0 aliphatic rings. The number of aliphatic hydroxyl groups excluding tert-OH is 1. The van der Waals surface area contributed by atoms with Crippen LogP contribution in [0.5, 0.6) is 0 Å². The molecule has 1 atom stereocenters. The SMILES string of the molecule is CCOC(=O)C(C)=Cc1cccc(C(O)c2cccnc2)c1. The van der Waals surface area contributed by atoms with Crippen LogP contribution < -0.4 is 0 Å². The average molecular weight is 297 g/mol. The Morgan fingerprint density at radius 1 is 1.32 bits per heavy atom. The summed E-state index contributed by atoms with van der Waals surface area (Å²) in [5, 5.41) is 10.4. The Morgan fingerprint density at radius 2 is 2.09 bits per heavy atom. The van der Waals surface area contributed by atoms with Gasteiger partial charge in [0.2, 0.25) is 0 Å². The van der Waals surface area contributed by atoms with E-state index in [0.717, 1.165) is 16.7 Å². The number of ether oxygens (including phenoxy) is 1. The molecule has 0 fully saturated rings. The first-order valence-corrected chi connectivity index (χ1v) is 7.15. The Balaban J connectivity index is 2.23. The van der Waals surface area contributed by atoms with Crippen LogP contribution in [0, 0.1) is 0 Å². The largest absolute Gasteiger partial charge is 0.463 e. The van der Waals surface area contributed by atoms with E-state index in [2.05, 4.69) is 4.98 Å². The monoisotopic (exact) mass is 297 g/mol. The van der Waals surface area contributed by atoms with Crippen molar-refractivity contribution in [2.45, 2.75) is 20.0 Å². The van der Waals surface area contributed by atoms with Crippen LogP contribution in [0.1, 0.15) is 36.6 Å². The van der Waals surface area contributed by atoms with Gasteiger partial charge in [0.1, 0.15) is 6.10 Å². The number of hydrogen-bond donors (Lipinski definition) is 1. The molecule has 0 radical (unpaired) electrons. The summed E-state index contributed by atoms with van der Waals surface area (Å²) in [6.07, 6.45) is 4.30. The smallest absolute Gasteiger partial charge is 0.333 e. The molecule has 0 bridgehead atoms. The molecule has 1 aromatic heterocycles. The number of aliphatic hydroxyl groups is 1. The quantitative estimate of drug-likeness (QED) is 0.680. The summed E-state index contributed by atoms with van der Waals surface area (Å²) < 4.78 is 4.96. The summed E-state index contributed by atoms with van der Waals surface area (Å²) in [7, 11) is 0. The van der Waals surface area contributed by atoms with Crippen LogP contribution in [0.2, 0.25) is 0 Å². The van der Waals surface area contributed by atoms with Gasteiger partial charge in [-0.05, 0) is 43.2 Å². The minimum absolute atomic E-state index is 0.333. The summed E-state index contributed by atoms with van der Waals surface area (Å²) >= 11 is 0. The number of esters is 1. The molecule has 0 amide bonds. The zero-order chi connectivity index (χ0) is 15.9. The lowest BCUT2D eigenvalue weighted by Crippen LogP contribution is -2.05. The highest BCUT2D eigenvalue weighted by molar-refractivity contribution is 5.93. The molecule has 0 saturated carbocycles. The van der Waals surface area contributed by atoms with Crippen LogP contribution in [-0.2, 0) is 9.53 Å². The van der Waals surface area contributed by atoms with Crippen molar-refractivity contribution < 1.29 is 14.6 Å². The minimum Gasteiger partial charge on any atom is -0.463 e. The van der Waals surface area contributed by atoms with Gasteiger partial charge in [-0.3, -0.25) is 4.98 Å². The molecular weight excluding hydrogens is 278 g/mol. The summed E-state index contributed by atoms with van der Waals surface area (Å²) in [6.45, 7) is 3.84. The Labute approximate surface area is 130 Å². The number of pyridine rings is 1. The van der Waals surface area contributed by atoms with E-state index in [1.165, 1.54) is 0 Å². The second kappa shape index (κ2) is 7.52. The van der Waals surface area contributed by atoms with Crippen LogP contribution in [0.4, 0.5) is 0 Å². The first kappa shape index (κ1) is 15.9. The van der Waals surface area contributed by atoms with Crippen molar-refractivity contribution in [3.8, 4) is 0 Å². The number of nitrogens with zero attached hydrogens (tertiary/aromatic N) is 1. The predicted molar refractivity (Wildman–Crippen MR) is 85.0 cm³/mol. The number of aromatic nitrogens is 1. The fourth-order valence-corrected chi connectivity index (χ4v) is 2.10. The number of rotatable bonds is 5. The van der Waals surface area contributed by atoms with E-state index in [4.69, 9.17) is 4.74 Å². The van der Waals surface area contributed by atoms with Crippen molar-refractivity contribution in [1.82, 2.24) is 4.98 Å². The molecule has 22 heavy (non-hydrogen) atoms. The first-order chi connectivity index (χ1) is 10.6. The maximum absolute atomic E-state index is 11.6. The molecule has 4 heteroatoms. The first-order valence-electron chi connectivity index (χ1n) is 7.15. The normalized spacial score (nSPS) is 12.8. The second-order valence-electron chi connectivity index (χ2n) is 4.91. The van der Waals surface area contributed by atoms with Gasteiger partial charge >= 0.3 is 5.97 Å². The van der Waals surface area contributed by atoms with E-state index >= 15 is 0 Å². The number of carbonyl (C=O) groups excluding carboxylic acids is 1. The molecular formula is C18H19NO3.